The molecule has 17 heavy (non-hydrogen) atoms. The summed E-state index contributed by atoms with van der Waals surface area (Å²) in [5.74, 6) is -0.237. The maximum atomic E-state index is 12.9. The number of halogens is 1. The molecule has 94 valence electrons. The van der Waals surface area contributed by atoms with E-state index in [1.165, 1.54) is 12.1 Å². The summed E-state index contributed by atoms with van der Waals surface area (Å²) in [6.45, 7) is 4.94. The van der Waals surface area contributed by atoms with Gasteiger partial charge in [0.15, 0.2) is 0 Å². The highest BCUT2D eigenvalue weighted by molar-refractivity contribution is 5.20. The molecule has 1 aliphatic rings. The van der Waals surface area contributed by atoms with Gasteiger partial charge < -0.3 is 10.4 Å². The Morgan fingerprint density at radius 1 is 1.47 bits per heavy atom. The van der Waals surface area contributed by atoms with Crippen LogP contribution in [-0.2, 0) is 0 Å². The minimum Gasteiger partial charge on any atom is -0.394 e. The van der Waals surface area contributed by atoms with Crippen molar-refractivity contribution in [3.63, 3.8) is 0 Å². The van der Waals surface area contributed by atoms with E-state index in [1.54, 1.807) is 12.1 Å². The summed E-state index contributed by atoms with van der Waals surface area (Å²) in [7, 11) is 0. The van der Waals surface area contributed by atoms with Crippen molar-refractivity contribution in [2.45, 2.75) is 19.0 Å². The van der Waals surface area contributed by atoms with Crippen LogP contribution in [0.5, 0.6) is 0 Å². The quantitative estimate of drug-likeness (QED) is 0.829. The molecule has 0 amide bonds. The van der Waals surface area contributed by atoms with Gasteiger partial charge in [0.1, 0.15) is 5.82 Å². The van der Waals surface area contributed by atoms with Crippen molar-refractivity contribution >= 4 is 0 Å². The molecule has 2 N–H and O–H groups in total. The first-order valence-electron chi connectivity index (χ1n) is 6.04. The van der Waals surface area contributed by atoms with E-state index < -0.39 is 0 Å². The third-order valence-corrected chi connectivity index (χ3v) is 3.27. The summed E-state index contributed by atoms with van der Waals surface area (Å²) in [5, 5.41) is 12.9. The third kappa shape index (κ3) is 3.03. The molecule has 0 saturated carbocycles. The highest BCUT2D eigenvalue weighted by Gasteiger charge is 2.24. The lowest BCUT2D eigenvalue weighted by Gasteiger charge is -2.37. The lowest BCUT2D eigenvalue weighted by atomic mass is 10.0. The molecule has 1 fully saturated rings. The molecule has 0 spiro atoms. The van der Waals surface area contributed by atoms with Gasteiger partial charge in [0.05, 0.1) is 12.6 Å². The van der Waals surface area contributed by atoms with Crippen LogP contribution in [0.15, 0.2) is 24.3 Å². The van der Waals surface area contributed by atoms with Crippen molar-refractivity contribution in [1.29, 1.82) is 0 Å². The van der Waals surface area contributed by atoms with Gasteiger partial charge in [0.2, 0.25) is 0 Å². The Bertz CT molecular complexity index is 355. The number of benzene rings is 1. The molecule has 1 aromatic rings. The van der Waals surface area contributed by atoms with Crippen molar-refractivity contribution in [3.05, 3.63) is 35.6 Å². The molecule has 2 atom stereocenters. The topological polar surface area (TPSA) is 35.5 Å². The first-order valence-corrected chi connectivity index (χ1v) is 6.04. The molecule has 1 aromatic carbocycles. The Balaban J connectivity index is 2.12. The summed E-state index contributed by atoms with van der Waals surface area (Å²) >= 11 is 0. The van der Waals surface area contributed by atoms with Crippen LogP contribution in [0.3, 0.4) is 0 Å². The molecule has 2 rings (SSSR count). The second kappa shape index (κ2) is 5.58. The van der Waals surface area contributed by atoms with Crippen LogP contribution in [0.25, 0.3) is 0 Å². The summed E-state index contributed by atoms with van der Waals surface area (Å²) in [6.07, 6.45) is 0. The van der Waals surface area contributed by atoms with E-state index in [2.05, 4.69) is 17.1 Å². The summed E-state index contributed by atoms with van der Waals surface area (Å²) in [4.78, 5) is 2.24. The number of aliphatic hydroxyl groups excluding tert-OH is 1. The Morgan fingerprint density at radius 2 is 2.18 bits per heavy atom. The number of hydrogen-bond acceptors (Lipinski definition) is 3. The predicted molar refractivity (Wildman–Crippen MR) is 65.3 cm³/mol. The Morgan fingerprint density at radius 3 is 2.76 bits per heavy atom. The fourth-order valence-corrected chi connectivity index (χ4v) is 2.36. The molecule has 1 saturated heterocycles. The standard InChI is InChI=1S/C13H19FN2O/c1-10-8-16(7-6-15-10)13(9-17)11-2-4-12(14)5-3-11/h2-5,10,13,15,17H,6-9H2,1H3. The van der Waals surface area contributed by atoms with Gasteiger partial charge in [-0.15, -0.1) is 0 Å². The number of rotatable bonds is 3. The number of hydrogen-bond donors (Lipinski definition) is 2. The van der Waals surface area contributed by atoms with Crippen molar-refractivity contribution < 1.29 is 9.50 Å². The van der Waals surface area contributed by atoms with Crippen LogP contribution in [0.4, 0.5) is 4.39 Å². The van der Waals surface area contributed by atoms with Crippen molar-refractivity contribution in [2.75, 3.05) is 26.2 Å². The average Bonchev–Trinajstić information content (AvgIpc) is 2.33. The lowest BCUT2D eigenvalue weighted by Crippen LogP contribution is -2.50. The van der Waals surface area contributed by atoms with Crippen molar-refractivity contribution in [2.24, 2.45) is 0 Å². The molecular formula is C13H19FN2O. The van der Waals surface area contributed by atoms with Crippen molar-refractivity contribution in [3.8, 4) is 0 Å². The van der Waals surface area contributed by atoms with Crippen LogP contribution in [-0.4, -0.2) is 42.3 Å². The van der Waals surface area contributed by atoms with Gasteiger partial charge >= 0.3 is 0 Å². The highest BCUT2D eigenvalue weighted by Crippen LogP contribution is 2.21. The zero-order valence-electron chi connectivity index (χ0n) is 10.1. The number of nitrogens with zero attached hydrogens (tertiary/aromatic N) is 1. The molecule has 0 aliphatic carbocycles. The largest absolute Gasteiger partial charge is 0.394 e. The van der Waals surface area contributed by atoms with E-state index in [1.807, 2.05) is 0 Å². The Labute approximate surface area is 101 Å². The van der Waals surface area contributed by atoms with Crippen molar-refractivity contribution in [1.82, 2.24) is 10.2 Å². The molecular weight excluding hydrogens is 219 g/mol. The fourth-order valence-electron chi connectivity index (χ4n) is 2.36. The van der Waals surface area contributed by atoms with E-state index in [0.29, 0.717) is 6.04 Å². The molecule has 0 radical (unpaired) electrons. The molecule has 0 bridgehead atoms. The van der Waals surface area contributed by atoms with Crippen LogP contribution in [0.2, 0.25) is 0 Å². The smallest absolute Gasteiger partial charge is 0.123 e. The molecule has 0 aromatic heterocycles. The van der Waals surface area contributed by atoms with Gasteiger partial charge in [-0.1, -0.05) is 12.1 Å². The summed E-state index contributed by atoms with van der Waals surface area (Å²) in [5.41, 5.74) is 0.975. The van der Waals surface area contributed by atoms with Gasteiger partial charge in [-0.05, 0) is 24.6 Å². The second-order valence-electron chi connectivity index (χ2n) is 4.60. The average molecular weight is 238 g/mol. The van der Waals surface area contributed by atoms with E-state index in [0.717, 1.165) is 25.2 Å². The Kier molecular flexibility index (Phi) is 4.10. The first kappa shape index (κ1) is 12.5. The lowest BCUT2D eigenvalue weighted by molar-refractivity contribution is 0.0962. The fraction of sp³-hybridized carbons (Fsp3) is 0.538. The zero-order valence-corrected chi connectivity index (χ0v) is 10.1. The predicted octanol–water partition coefficient (Wildman–Crippen LogP) is 1.15. The first-order chi connectivity index (χ1) is 8.20. The second-order valence-corrected chi connectivity index (χ2v) is 4.60. The molecule has 3 nitrogen and oxygen atoms in total. The zero-order chi connectivity index (χ0) is 12.3. The molecule has 4 heteroatoms. The van der Waals surface area contributed by atoms with Gasteiger partial charge in [-0.2, -0.15) is 0 Å². The maximum Gasteiger partial charge on any atom is 0.123 e. The minimum atomic E-state index is -0.237. The molecule has 1 aliphatic heterocycles. The van der Waals surface area contributed by atoms with Crippen LogP contribution in [0.1, 0.15) is 18.5 Å². The van der Waals surface area contributed by atoms with Gasteiger partial charge in [-0.3, -0.25) is 4.90 Å². The van der Waals surface area contributed by atoms with Crippen LogP contribution < -0.4 is 5.32 Å². The third-order valence-electron chi connectivity index (χ3n) is 3.27. The van der Waals surface area contributed by atoms with E-state index in [9.17, 15) is 9.50 Å². The maximum absolute atomic E-state index is 12.9. The van der Waals surface area contributed by atoms with Crippen LogP contribution >= 0.6 is 0 Å². The summed E-state index contributed by atoms with van der Waals surface area (Å²) in [6, 6.07) is 6.80. The summed E-state index contributed by atoms with van der Waals surface area (Å²) < 4.78 is 12.9. The molecule has 1 heterocycles. The highest BCUT2D eigenvalue weighted by atomic mass is 19.1. The van der Waals surface area contributed by atoms with Gasteiger partial charge in [-0.25, -0.2) is 4.39 Å². The normalized spacial score (nSPS) is 23.6. The van der Waals surface area contributed by atoms with E-state index in [4.69, 9.17) is 0 Å². The number of nitrogens with one attached hydrogen (secondary N) is 1. The SMILES string of the molecule is CC1CN(C(CO)c2ccc(F)cc2)CCN1. The Hall–Kier alpha value is -0.970. The van der Waals surface area contributed by atoms with Crippen LogP contribution in [0, 0.1) is 5.82 Å². The monoisotopic (exact) mass is 238 g/mol. The van der Waals surface area contributed by atoms with E-state index >= 15 is 0 Å². The van der Waals surface area contributed by atoms with Gasteiger partial charge in [0.25, 0.3) is 0 Å². The number of piperazine rings is 1. The minimum absolute atomic E-state index is 0.0276. The molecule has 2 unspecified atom stereocenters. The number of aliphatic hydroxyl groups is 1. The van der Waals surface area contributed by atoms with Gasteiger partial charge in [0, 0.05) is 25.7 Å². The van der Waals surface area contributed by atoms with E-state index in [-0.39, 0.29) is 18.5 Å².